The van der Waals surface area contributed by atoms with E-state index in [1.54, 1.807) is 24.3 Å². The summed E-state index contributed by atoms with van der Waals surface area (Å²) in [6.07, 6.45) is 0. The maximum atomic E-state index is 13.0. The van der Waals surface area contributed by atoms with Crippen molar-refractivity contribution in [1.82, 2.24) is 0 Å². The highest BCUT2D eigenvalue weighted by Crippen LogP contribution is 2.26. The zero-order valence-electron chi connectivity index (χ0n) is 9.19. The van der Waals surface area contributed by atoms with Crippen molar-refractivity contribution in [3.8, 4) is 11.5 Å². The highest BCUT2D eigenvalue weighted by molar-refractivity contribution is 7.80. The minimum absolute atomic E-state index is 0.0520. The van der Waals surface area contributed by atoms with E-state index in [-0.39, 0.29) is 10.7 Å². The summed E-state index contributed by atoms with van der Waals surface area (Å²) in [5.74, 6) is -1.01. The summed E-state index contributed by atoms with van der Waals surface area (Å²) < 4.78 is 31.4. The second kappa shape index (κ2) is 5.10. The summed E-state index contributed by atoms with van der Waals surface area (Å²) in [6.45, 7) is 0. The highest BCUT2D eigenvalue weighted by atomic mass is 32.1. The van der Waals surface area contributed by atoms with Crippen LogP contribution in [0.3, 0.4) is 0 Å². The van der Waals surface area contributed by atoms with Gasteiger partial charge >= 0.3 is 0 Å². The van der Waals surface area contributed by atoms with E-state index in [0.717, 1.165) is 18.2 Å². The van der Waals surface area contributed by atoms with Crippen LogP contribution in [-0.2, 0) is 0 Å². The van der Waals surface area contributed by atoms with E-state index in [4.69, 9.17) is 22.7 Å². The van der Waals surface area contributed by atoms with Crippen LogP contribution in [-0.4, -0.2) is 4.99 Å². The van der Waals surface area contributed by atoms with Gasteiger partial charge in [-0.05, 0) is 12.1 Å². The third kappa shape index (κ3) is 2.81. The van der Waals surface area contributed by atoms with Gasteiger partial charge in [-0.2, -0.15) is 0 Å². The zero-order chi connectivity index (χ0) is 13.1. The normalized spacial score (nSPS) is 10.1. The monoisotopic (exact) mass is 265 g/mol. The van der Waals surface area contributed by atoms with Crippen LogP contribution >= 0.6 is 12.2 Å². The van der Waals surface area contributed by atoms with Crippen LogP contribution in [0.15, 0.2) is 42.5 Å². The van der Waals surface area contributed by atoms with Crippen molar-refractivity contribution in [2.45, 2.75) is 0 Å². The molecule has 0 aromatic heterocycles. The van der Waals surface area contributed by atoms with Gasteiger partial charge in [-0.25, -0.2) is 8.78 Å². The Morgan fingerprint density at radius 3 is 2.28 bits per heavy atom. The van der Waals surface area contributed by atoms with E-state index in [1.165, 1.54) is 0 Å². The third-order valence-electron chi connectivity index (χ3n) is 2.22. The average Bonchev–Trinajstić information content (AvgIpc) is 2.27. The molecule has 2 nitrogen and oxygen atoms in total. The van der Waals surface area contributed by atoms with Crippen LogP contribution in [0.25, 0.3) is 0 Å². The largest absolute Gasteiger partial charge is 0.456 e. The Hall–Kier alpha value is -2.01. The number of benzene rings is 2. The van der Waals surface area contributed by atoms with Crippen LogP contribution in [0.5, 0.6) is 11.5 Å². The number of halogens is 2. The van der Waals surface area contributed by atoms with E-state index in [0.29, 0.717) is 11.3 Å². The second-order valence-electron chi connectivity index (χ2n) is 3.57. The maximum Gasteiger partial charge on any atom is 0.137 e. The zero-order valence-corrected chi connectivity index (χ0v) is 10.0. The van der Waals surface area contributed by atoms with E-state index >= 15 is 0 Å². The van der Waals surface area contributed by atoms with Gasteiger partial charge in [0.15, 0.2) is 0 Å². The Kier molecular flexibility index (Phi) is 3.53. The number of nitrogens with two attached hydrogens (primary N) is 1. The van der Waals surface area contributed by atoms with Crippen molar-refractivity contribution in [3.63, 3.8) is 0 Å². The lowest BCUT2D eigenvalue weighted by molar-refractivity contribution is 0.467. The standard InChI is InChI=1S/C13H9F2NOS/c14-8-5-9(15)7-10(6-8)17-12-4-2-1-3-11(12)13(16)18/h1-7H,(H2,16,18). The third-order valence-corrected chi connectivity index (χ3v) is 2.44. The number of hydrogen-bond donors (Lipinski definition) is 1. The van der Waals surface area contributed by atoms with Gasteiger partial charge in [-0.1, -0.05) is 24.4 Å². The van der Waals surface area contributed by atoms with Crippen LogP contribution < -0.4 is 10.5 Å². The van der Waals surface area contributed by atoms with Gasteiger partial charge in [0.25, 0.3) is 0 Å². The average molecular weight is 265 g/mol. The fourth-order valence-electron chi connectivity index (χ4n) is 1.47. The van der Waals surface area contributed by atoms with Gasteiger partial charge < -0.3 is 10.5 Å². The molecule has 2 aromatic rings. The van der Waals surface area contributed by atoms with Crippen molar-refractivity contribution < 1.29 is 13.5 Å². The van der Waals surface area contributed by atoms with E-state index in [1.807, 2.05) is 0 Å². The quantitative estimate of drug-likeness (QED) is 0.864. The van der Waals surface area contributed by atoms with Gasteiger partial charge in [-0.3, -0.25) is 0 Å². The van der Waals surface area contributed by atoms with Gasteiger partial charge in [-0.15, -0.1) is 0 Å². The predicted molar refractivity (Wildman–Crippen MR) is 68.8 cm³/mol. The summed E-state index contributed by atoms with van der Waals surface area (Å²) in [5, 5.41) is 0. The van der Waals surface area contributed by atoms with Gasteiger partial charge in [0, 0.05) is 18.2 Å². The number of ether oxygens (including phenoxy) is 1. The molecule has 0 amide bonds. The Bertz CT molecular complexity index is 581. The first-order chi connectivity index (χ1) is 8.56. The topological polar surface area (TPSA) is 35.2 Å². The maximum absolute atomic E-state index is 13.0. The molecule has 92 valence electrons. The summed E-state index contributed by atoms with van der Waals surface area (Å²) in [6, 6.07) is 9.69. The summed E-state index contributed by atoms with van der Waals surface area (Å²) >= 11 is 4.87. The van der Waals surface area contributed by atoms with Crippen molar-refractivity contribution >= 4 is 17.2 Å². The number of para-hydroxylation sites is 1. The molecule has 0 spiro atoms. The summed E-state index contributed by atoms with van der Waals surface area (Å²) in [7, 11) is 0. The molecule has 5 heteroatoms. The van der Waals surface area contributed by atoms with Crippen LogP contribution in [0.4, 0.5) is 8.78 Å². The lowest BCUT2D eigenvalue weighted by Crippen LogP contribution is -2.10. The molecular formula is C13H9F2NOS. The van der Waals surface area contributed by atoms with Crippen molar-refractivity contribution in [2.75, 3.05) is 0 Å². The van der Waals surface area contributed by atoms with Gasteiger partial charge in [0.1, 0.15) is 28.1 Å². The van der Waals surface area contributed by atoms with Crippen molar-refractivity contribution in [3.05, 3.63) is 59.7 Å². The Morgan fingerprint density at radius 1 is 1.06 bits per heavy atom. The molecule has 18 heavy (non-hydrogen) atoms. The fraction of sp³-hybridized carbons (Fsp3) is 0. The SMILES string of the molecule is NC(=S)c1ccccc1Oc1cc(F)cc(F)c1. The smallest absolute Gasteiger partial charge is 0.137 e. The summed E-state index contributed by atoms with van der Waals surface area (Å²) in [5.41, 5.74) is 6.04. The second-order valence-corrected chi connectivity index (χ2v) is 4.01. The number of hydrogen-bond acceptors (Lipinski definition) is 2. The van der Waals surface area contributed by atoms with E-state index in [9.17, 15) is 8.78 Å². The molecule has 2 aromatic carbocycles. The molecule has 0 aliphatic heterocycles. The minimum Gasteiger partial charge on any atom is -0.456 e. The van der Waals surface area contributed by atoms with Gasteiger partial charge in [0.2, 0.25) is 0 Å². The fourth-order valence-corrected chi connectivity index (χ4v) is 1.64. The molecule has 0 bridgehead atoms. The van der Waals surface area contributed by atoms with Gasteiger partial charge in [0.05, 0.1) is 5.56 Å². The van der Waals surface area contributed by atoms with Crippen molar-refractivity contribution in [1.29, 1.82) is 0 Å². The van der Waals surface area contributed by atoms with E-state index < -0.39 is 11.6 Å². The first kappa shape index (κ1) is 12.4. The lowest BCUT2D eigenvalue weighted by atomic mass is 10.2. The Labute approximate surface area is 108 Å². The minimum atomic E-state index is -0.710. The molecule has 0 fully saturated rings. The molecule has 0 unspecified atom stereocenters. The molecule has 0 saturated heterocycles. The highest BCUT2D eigenvalue weighted by Gasteiger charge is 2.08. The molecule has 0 aliphatic rings. The molecule has 0 aliphatic carbocycles. The van der Waals surface area contributed by atoms with Crippen LogP contribution in [0.1, 0.15) is 5.56 Å². The molecule has 0 atom stereocenters. The number of rotatable bonds is 3. The first-order valence-corrected chi connectivity index (χ1v) is 5.50. The molecular weight excluding hydrogens is 256 g/mol. The predicted octanol–water partition coefficient (Wildman–Crippen LogP) is 3.39. The van der Waals surface area contributed by atoms with Crippen LogP contribution in [0.2, 0.25) is 0 Å². The molecule has 0 saturated carbocycles. The molecule has 0 heterocycles. The molecule has 0 radical (unpaired) electrons. The van der Waals surface area contributed by atoms with Crippen LogP contribution in [0, 0.1) is 11.6 Å². The Balaban J connectivity index is 2.37. The van der Waals surface area contributed by atoms with Crippen molar-refractivity contribution in [2.24, 2.45) is 5.73 Å². The number of thiocarbonyl (C=S) groups is 1. The summed E-state index contributed by atoms with van der Waals surface area (Å²) in [4.78, 5) is 0.155. The Morgan fingerprint density at radius 2 is 1.67 bits per heavy atom. The first-order valence-electron chi connectivity index (χ1n) is 5.09. The van der Waals surface area contributed by atoms with E-state index in [2.05, 4.69) is 0 Å². The molecule has 2 rings (SSSR count). The lowest BCUT2D eigenvalue weighted by Gasteiger charge is -2.10. The molecule has 2 N–H and O–H groups in total.